The highest BCUT2D eigenvalue weighted by molar-refractivity contribution is 5.85. The Labute approximate surface area is 226 Å². The van der Waals surface area contributed by atoms with E-state index in [0.717, 1.165) is 57.4 Å². The maximum absolute atomic E-state index is 14.0. The number of aromatic nitrogens is 1. The van der Waals surface area contributed by atoms with Crippen molar-refractivity contribution in [3.05, 3.63) is 23.8 Å². The molecule has 3 N–H and O–H groups in total. The predicted octanol–water partition coefficient (Wildman–Crippen LogP) is 5.95. The quantitative estimate of drug-likeness (QED) is 0.402. The van der Waals surface area contributed by atoms with Crippen LogP contribution in [-0.4, -0.2) is 45.1 Å². The third-order valence-electron chi connectivity index (χ3n) is 12.0. The normalized spacial score (nSPS) is 43.0. The molecule has 1 heterocycles. The van der Waals surface area contributed by atoms with Crippen molar-refractivity contribution < 1.29 is 29.2 Å². The average Bonchev–Trinajstić information content (AvgIpc) is 3.22. The van der Waals surface area contributed by atoms with Crippen LogP contribution in [0.15, 0.2) is 12.3 Å². The molecule has 11 atom stereocenters. The molecule has 0 amide bonds. The van der Waals surface area contributed by atoms with Gasteiger partial charge in [-0.3, -0.25) is 0 Å². The van der Waals surface area contributed by atoms with Gasteiger partial charge in [0.15, 0.2) is 11.5 Å². The highest BCUT2D eigenvalue weighted by atomic mass is 19.1. The minimum absolute atomic E-state index is 0.189. The van der Waals surface area contributed by atoms with Crippen LogP contribution in [0.4, 0.5) is 4.39 Å². The number of hydrogen-bond donors (Lipinski definition) is 3. The highest BCUT2D eigenvalue weighted by Crippen LogP contribution is 2.69. The Kier molecular flexibility index (Phi) is 7.58. The fraction of sp³-hybridized carbons (Fsp3) is 0.806. The van der Waals surface area contributed by atoms with Gasteiger partial charge in [0.2, 0.25) is 0 Å². The summed E-state index contributed by atoms with van der Waals surface area (Å²) in [6.45, 7) is 9.89. The van der Waals surface area contributed by atoms with Gasteiger partial charge in [-0.15, -0.1) is 0 Å². The third-order valence-corrected chi connectivity index (χ3v) is 12.0. The lowest BCUT2D eigenvalue weighted by molar-refractivity contribution is -0.203. The van der Waals surface area contributed by atoms with E-state index < -0.39 is 17.5 Å². The lowest BCUT2D eigenvalue weighted by Gasteiger charge is -2.64. The molecule has 212 valence electrons. The van der Waals surface area contributed by atoms with Crippen molar-refractivity contribution in [1.29, 1.82) is 0 Å². The number of nitrogens with zero attached hydrogens (tertiary/aromatic N) is 1. The van der Waals surface area contributed by atoms with Crippen molar-refractivity contribution in [1.82, 2.24) is 4.98 Å². The second-order valence-corrected chi connectivity index (χ2v) is 13.5. The molecule has 38 heavy (non-hydrogen) atoms. The first kappa shape index (κ1) is 27.8. The lowest BCUT2D eigenvalue weighted by atomic mass is 9.41. The summed E-state index contributed by atoms with van der Waals surface area (Å²) in [7, 11) is 0. The second kappa shape index (κ2) is 10.3. The van der Waals surface area contributed by atoms with Crippen LogP contribution in [0, 0.1) is 58.1 Å². The molecule has 1 aromatic heterocycles. The molecule has 0 spiro atoms. The Hall–Kier alpha value is -1.73. The fourth-order valence-corrected chi connectivity index (χ4v) is 10.2. The van der Waals surface area contributed by atoms with Gasteiger partial charge in [-0.2, -0.15) is 0 Å². The smallest absolute Gasteiger partial charge is 0.357 e. The predicted molar refractivity (Wildman–Crippen MR) is 142 cm³/mol. The Morgan fingerprint density at radius 2 is 1.84 bits per heavy atom. The molecule has 0 unspecified atom stereocenters. The minimum atomic E-state index is -1.39. The molecular formula is C31H46FNO5. The minimum Gasteiger partial charge on any atom is -0.492 e. The van der Waals surface area contributed by atoms with Crippen LogP contribution in [0.2, 0.25) is 0 Å². The lowest BCUT2D eigenvalue weighted by Crippen LogP contribution is -2.62. The van der Waals surface area contributed by atoms with Gasteiger partial charge in [-0.05, 0) is 104 Å². The van der Waals surface area contributed by atoms with E-state index in [9.17, 15) is 19.4 Å². The Bertz CT molecular complexity index is 1040. The zero-order valence-corrected chi connectivity index (χ0v) is 23.4. The van der Waals surface area contributed by atoms with E-state index in [-0.39, 0.29) is 34.7 Å². The first-order chi connectivity index (χ1) is 18.0. The maximum atomic E-state index is 14.0. The van der Waals surface area contributed by atoms with Crippen LogP contribution in [-0.2, 0) is 0 Å². The summed E-state index contributed by atoms with van der Waals surface area (Å²) in [5.74, 6) is 1.03. The van der Waals surface area contributed by atoms with Crippen molar-refractivity contribution in [2.24, 2.45) is 52.3 Å². The van der Waals surface area contributed by atoms with Crippen molar-refractivity contribution in [3.63, 3.8) is 0 Å². The summed E-state index contributed by atoms with van der Waals surface area (Å²) in [5.41, 5.74) is -0.193. The molecule has 4 aliphatic rings. The summed E-state index contributed by atoms with van der Waals surface area (Å²) in [6, 6.07) is 1.10. The zero-order valence-electron chi connectivity index (χ0n) is 23.4. The van der Waals surface area contributed by atoms with Gasteiger partial charge in [0.05, 0.1) is 25.0 Å². The summed E-state index contributed by atoms with van der Waals surface area (Å²) < 4.78 is 19.8. The van der Waals surface area contributed by atoms with Crippen molar-refractivity contribution in [3.8, 4) is 5.75 Å². The molecule has 7 heteroatoms. The summed E-state index contributed by atoms with van der Waals surface area (Å²) in [5, 5.41) is 31.3. The number of rotatable bonds is 7. The van der Waals surface area contributed by atoms with E-state index >= 15 is 0 Å². The van der Waals surface area contributed by atoms with Crippen molar-refractivity contribution in [2.45, 2.75) is 97.7 Å². The SMILES string of the molecule is CC[C@H]1[C@@H](O)[C@@H]2[C@H](CC[C@]3(C)[C@@H]([C@H](C)CCOc4cnc(C(=O)O)c(F)c4)CC[C@@H]23)[C@@]2(C)CC[C@@H](O)C[C@@H]12. The summed E-state index contributed by atoms with van der Waals surface area (Å²) in [6.07, 6.45) is 10.1. The van der Waals surface area contributed by atoms with Gasteiger partial charge in [0, 0.05) is 6.07 Å². The van der Waals surface area contributed by atoms with Crippen molar-refractivity contribution in [2.75, 3.05) is 6.61 Å². The van der Waals surface area contributed by atoms with E-state index in [1.165, 1.54) is 12.6 Å². The standard InChI is InChI=1S/C31H46FNO5/c1-5-20-24-14-18(34)8-11-31(24,4)23-9-12-30(3)21(6-7-22(30)26(23)28(20)35)17(2)10-13-38-19-15-25(32)27(29(36)37)33-16-19/h15-18,20-24,26,28,34-35H,5-14H2,1-4H3,(H,36,37)/t17-,18-,20-,21-,22+,23+,24+,26+,28-,30-,31-/m1/s1. The van der Waals surface area contributed by atoms with Crippen LogP contribution in [0.25, 0.3) is 0 Å². The third kappa shape index (κ3) is 4.46. The van der Waals surface area contributed by atoms with E-state index in [1.807, 2.05) is 0 Å². The van der Waals surface area contributed by atoms with Gasteiger partial charge < -0.3 is 20.1 Å². The molecule has 4 saturated carbocycles. The van der Waals surface area contributed by atoms with Gasteiger partial charge in [0.25, 0.3) is 0 Å². The second-order valence-electron chi connectivity index (χ2n) is 13.5. The van der Waals surface area contributed by atoms with E-state index in [1.54, 1.807) is 0 Å². The van der Waals surface area contributed by atoms with Gasteiger partial charge >= 0.3 is 5.97 Å². The number of ether oxygens (including phenoxy) is 1. The molecule has 0 aliphatic heterocycles. The average molecular weight is 532 g/mol. The van der Waals surface area contributed by atoms with E-state index in [2.05, 4.69) is 32.7 Å². The number of aliphatic hydroxyl groups is 2. The van der Waals surface area contributed by atoms with Crippen LogP contribution in [0.3, 0.4) is 0 Å². The molecule has 4 fully saturated rings. The number of aliphatic hydroxyl groups excluding tert-OH is 2. The van der Waals surface area contributed by atoms with E-state index in [4.69, 9.17) is 9.84 Å². The highest BCUT2D eigenvalue weighted by Gasteiger charge is 2.64. The largest absolute Gasteiger partial charge is 0.492 e. The van der Waals surface area contributed by atoms with Crippen LogP contribution in [0.5, 0.6) is 5.75 Å². The Balaban J connectivity index is 1.28. The first-order valence-corrected chi connectivity index (χ1v) is 14.9. The Morgan fingerprint density at radius 1 is 1.13 bits per heavy atom. The zero-order chi connectivity index (χ0) is 27.4. The number of hydrogen-bond acceptors (Lipinski definition) is 5. The number of halogens is 1. The molecular weight excluding hydrogens is 485 g/mol. The summed E-state index contributed by atoms with van der Waals surface area (Å²) in [4.78, 5) is 14.7. The van der Waals surface area contributed by atoms with Crippen LogP contribution < -0.4 is 4.74 Å². The molecule has 0 bridgehead atoms. The number of fused-ring (bicyclic) bond motifs is 5. The monoisotopic (exact) mass is 531 g/mol. The van der Waals surface area contributed by atoms with Crippen molar-refractivity contribution >= 4 is 5.97 Å². The van der Waals surface area contributed by atoms with Gasteiger partial charge in [0.1, 0.15) is 5.75 Å². The molecule has 0 radical (unpaired) electrons. The van der Waals surface area contributed by atoms with Crippen LogP contribution >= 0.6 is 0 Å². The molecule has 0 aromatic carbocycles. The topological polar surface area (TPSA) is 99.9 Å². The molecule has 0 saturated heterocycles. The number of aromatic carboxylic acids is 1. The summed E-state index contributed by atoms with van der Waals surface area (Å²) >= 11 is 0. The molecule has 6 nitrogen and oxygen atoms in total. The molecule has 5 rings (SSSR count). The number of pyridine rings is 1. The molecule has 4 aliphatic carbocycles. The van der Waals surface area contributed by atoms with E-state index in [0.29, 0.717) is 42.1 Å². The number of carbonyl (C=O) groups is 1. The molecule has 1 aromatic rings. The fourth-order valence-electron chi connectivity index (χ4n) is 10.2. The maximum Gasteiger partial charge on any atom is 0.357 e. The number of carboxylic acid groups (broad SMARTS) is 1. The Morgan fingerprint density at radius 3 is 2.53 bits per heavy atom. The van der Waals surface area contributed by atoms with Gasteiger partial charge in [-0.25, -0.2) is 14.2 Å². The number of carboxylic acids is 1. The first-order valence-electron chi connectivity index (χ1n) is 14.9. The van der Waals surface area contributed by atoms with Gasteiger partial charge in [-0.1, -0.05) is 34.1 Å². The van der Waals surface area contributed by atoms with Crippen LogP contribution in [0.1, 0.15) is 96.0 Å².